The third-order valence-electron chi connectivity index (χ3n) is 3.78. The topological polar surface area (TPSA) is 110 Å². The second-order valence-corrected chi connectivity index (χ2v) is 8.00. The molecular weight excluding hydrogens is 476 g/mol. The molecule has 0 fully saturated rings. The zero-order valence-electron chi connectivity index (χ0n) is 16.9. The highest BCUT2D eigenvalue weighted by atomic mass is 79.9. The summed E-state index contributed by atoms with van der Waals surface area (Å²) in [5.41, 5.74) is 5.50. The molecule has 1 aromatic heterocycles. The van der Waals surface area contributed by atoms with Crippen molar-refractivity contribution in [2.45, 2.75) is 26.8 Å². The van der Waals surface area contributed by atoms with Crippen molar-refractivity contribution in [2.24, 2.45) is 5.73 Å². The van der Waals surface area contributed by atoms with E-state index >= 15 is 0 Å². The number of rotatable bonds is 9. The van der Waals surface area contributed by atoms with Crippen LogP contribution >= 0.6 is 27.3 Å². The maximum absolute atomic E-state index is 12.8. The number of esters is 1. The number of carbonyl (C=O) groups excluding carboxylic acids is 2. The van der Waals surface area contributed by atoms with Crippen LogP contribution in [-0.2, 0) is 20.9 Å². The first-order valence-electron chi connectivity index (χ1n) is 9.19. The number of benzene rings is 1. The van der Waals surface area contributed by atoms with Crippen LogP contribution in [0, 0.1) is 0 Å². The molecule has 0 saturated heterocycles. The molecule has 0 unspecified atom stereocenters. The second-order valence-electron chi connectivity index (χ2n) is 6.09. The summed E-state index contributed by atoms with van der Waals surface area (Å²) in [4.78, 5) is 36.0. The number of amides is 1. The van der Waals surface area contributed by atoms with E-state index in [2.05, 4.69) is 15.9 Å². The first kappa shape index (κ1) is 23.7. The van der Waals surface area contributed by atoms with E-state index in [1.165, 1.54) is 13.2 Å². The third kappa shape index (κ3) is 5.96. The van der Waals surface area contributed by atoms with Crippen molar-refractivity contribution in [3.8, 4) is 11.5 Å². The number of methoxy groups -OCH3 is 1. The molecule has 0 aliphatic rings. The average molecular weight is 499 g/mol. The Kier molecular flexibility index (Phi) is 8.67. The molecule has 1 heterocycles. The maximum Gasteiger partial charge on any atom is 0.333 e. The zero-order chi connectivity index (χ0) is 22.3. The highest BCUT2D eigenvalue weighted by molar-refractivity contribution is 9.10. The number of nitrogens with two attached hydrogens (primary N) is 1. The number of hydrogen-bond donors (Lipinski definition) is 1. The summed E-state index contributed by atoms with van der Waals surface area (Å²) in [5, 5.41) is 0. The standard InChI is InChI=1S/C20H23BrN2O6S/c1-4-6-29-19-13(21)7-12(8-14(19)27-3)9-15-20(26)23(11-16(22)24)17(30-15)10-18(25)28-5-2/h7-10H,4-6,11H2,1-3H3,(H2,22,24). The van der Waals surface area contributed by atoms with Crippen LogP contribution in [0.5, 0.6) is 11.5 Å². The Morgan fingerprint density at radius 1 is 1.30 bits per heavy atom. The van der Waals surface area contributed by atoms with Gasteiger partial charge in [-0.3, -0.25) is 14.2 Å². The normalized spacial score (nSPS) is 12.1. The number of nitrogens with zero attached hydrogens (tertiary/aromatic N) is 1. The molecule has 0 saturated carbocycles. The van der Waals surface area contributed by atoms with Crippen molar-refractivity contribution in [1.29, 1.82) is 0 Å². The van der Waals surface area contributed by atoms with Gasteiger partial charge in [0.15, 0.2) is 11.5 Å². The van der Waals surface area contributed by atoms with Crippen LogP contribution < -0.4 is 30.0 Å². The minimum atomic E-state index is -0.693. The van der Waals surface area contributed by atoms with Crippen LogP contribution in [-0.4, -0.2) is 36.8 Å². The monoisotopic (exact) mass is 498 g/mol. The van der Waals surface area contributed by atoms with E-state index in [0.29, 0.717) is 32.7 Å². The van der Waals surface area contributed by atoms with Crippen molar-refractivity contribution in [1.82, 2.24) is 4.57 Å². The van der Waals surface area contributed by atoms with Crippen LogP contribution in [0.3, 0.4) is 0 Å². The predicted molar refractivity (Wildman–Crippen MR) is 118 cm³/mol. The summed E-state index contributed by atoms with van der Waals surface area (Å²) in [5.74, 6) is -0.214. The summed E-state index contributed by atoms with van der Waals surface area (Å²) in [7, 11) is 1.53. The fourth-order valence-corrected chi connectivity index (χ4v) is 4.16. The van der Waals surface area contributed by atoms with Crippen molar-refractivity contribution >= 4 is 51.3 Å². The Labute approximate surface area is 185 Å². The van der Waals surface area contributed by atoms with Gasteiger partial charge in [-0.15, -0.1) is 11.3 Å². The molecule has 0 bridgehead atoms. The van der Waals surface area contributed by atoms with Crippen LogP contribution in [0.2, 0.25) is 0 Å². The minimum Gasteiger partial charge on any atom is -0.493 e. The van der Waals surface area contributed by atoms with Gasteiger partial charge < -0.3 is 19.9 Å². The SMILES string of the molecule is CCCOc1c(Br)cc(C=c2sc(=CC(=O)OCC)n(CC(N)=O)c2=O)cc1OC. The molecular formula is C20H23BrN2O6S. The first-order chi connectivity index (χ1) is 14.3. The highest BCUT2D eigenvalue weighted by Gasteiger charge is 2.13. The number of primary amides is 1. The minimum absolute atomic E-state index is 0.194. The molecule has 8 nitrogen and oxygen atoms in total. The molecule has 0 aliphatic carbocycles. The van der Waals surface area contributed by atoms with Crippen LogP contribution in [0.4, 0.5) is 0 Å². The van der Waals surface area contributed by atoms with E-state index in [4.69, 9.17) is 19.9 Å². The Balaban J connectivity index is 2.62. The summed E-state index contributed by atoms with van der Waals surface area (Å²) in [6.45, 7) is 4.06. The number of hydrogen-bond acceptors (Lipinski definition) is 7. The molecule has 162 valence electrons. The van der Waals surface area contributed by atoms with Gasteiger partial charge in [0.25, 0.3) is 5.56 Å². The predicted octanol–water partition coefficient (Wildman–Crippen LogP) is 1.13. The van der Waals surface area contributed by atoms with Gasteiger partial charge in [0.2, 0.25) is 5.91 Å². The Bertz CT molecular complexity index is 1110. The van der Waals surface area contributed by atoms with Gasteiger partial charge in [0.1, 0.15) is 11.2 Å². The zero-order valence-corrected chi connectivity index (χ0v) is 19.3. The Morgan fingerprint density at radius 2 is 2.03 bits per heavy atom. The lowest BCUT2D eigenvalue weighted by Gasteiger charge is -2.12. The molecule has 0 spiro atoms. The summed E-state index contributed by atoms with van der Waals surface area (Å²) >= 11 is 4.53. The molecule has 2 N–H and O–H groups in total. The quantitative estimate of drug-likeness (QED) is 0.518. The Morgan fingerprint density at radius 3 is 2.63 bits per heavy atom. The molecule has 2 rings (SSSR count). The molecule has 10 heteroatoms. The number of thiazole rings is 1. The molecule has 0 atom stereocenters. The van der Waals surface area contributed by atoms with Crippen molar-refractivity contribution < 1.29 is 23.8 Å². The first-order valence-corrected chi connectivity index (χ1v) is 10.8. The fourth-order valence-electron chi connectivity index (χ4n) is 2.55. The number of halogens is 1. The largest absolute Gasteiger partial charge is 0.493 e. The van der Waals surface area contributed by atoms with E-state index in [1.54, 1.807) is 25.1 Å². The van der Waals surface area contributed by atoms with E-state index < -0.39 is 17.4 Å². The molecule has 1 amide bonds. The number of aromatic nitrogens is 1. The van der Waals surface area contributed by atoms with Gasteiger partial charge in [-0.05, 0) is 53.0 Å². The van der Waals surface area contributed by atoms with Gasteiger partial charge in [-0.2, -0.15) is 0 Å². The van der Waals surface area contributed by atoms with E-state index in [0.717, 1.165) is 22.3 Å². The van der Waals surface area contributed by atoms with Crippen LogP contribution in [0.15, 0.2) is 21.4 Å². The molecule has 0 aliphatic heterocycles. The second kappa shape index (κ2) is 11.0. The smallest absolute Gasteiger partial charge is 0.333 e. The molecule has 0 radical (unpaired) electrons. The maximum atomic E-state index is 12.8. The van der Waals surface area contributed by atoms with Crippen molar-refractivity contribution in [3.05, 3.63) is 41.7 Å². The summed E-state index contributed by atoms with van der Waals surface area (Å²) in [6, 6.07) is 3.53. The highest BCUT2D eigenvalue weighted by Crippen LogP contribution is 2.36. The molecule has 30 heavy (non-hydrogen) atoms. The van der Waals surface area contributed by atoms with Crippen LogP contribution in [0.25, 0.3) is 12.2 Å². The summed E-state index contributed by atoms with van der Waals surface area (Å²) in [6.07, 6.45) is 3.66. The Hall–Kier alpha value is -2.59. The number of carbonyl (C=O) groups is 2. The van der Waals surface area contributed by atoms with E-state index in [-0.39, 0.29) is 17.8 Å². The van der Waals surface area contributed by atoms with E-state index in [9.17, 15) is 14.4 Å². The average Bonchev–Trinajstić information content (AvgIpc) is 2.95. The van der Waals surface area contributed by atoms with Crippen molar-refractivity contribution in [2.75, 3.05) is 20.3 Å². The van der Waals surface area contributed by atoms with Gasteiger partial charge >= 0.3 is 5.97 Å². The lowest BCUT2D eigenvalue weighted by molar-refractivity contribution is -0.135. The van der Waals surface area contributed by atoms with Crippen molar-refractivity contribution in [3.63, 3.8) is 0 Å². The van der Waals surface area contributed by atoms with Gasteiger partial charge in [0, 0.05) is 0 Å². The van der Waals surface area contributed by atoms with Crippen LogP contribution in [0.1, 0.15) is 25.8 Å². The fraction of sp³-hybridized carbons (Fsp3) is 0.350. The molecule has 1 aromatic carbocycles. The summed E-state index contributed by atoms with van der Waals surface area (Å²) < 4.78 is 18.4. The molecule has 2 aromatic rings. The van der Waals surface area contributed by atoms with Gasteiger partial charge in [-0.25, -0.2) is 4.79 Å². The lowest BCUT2D eigenvalue weighted by Crippen LogP contribution is -2.36. The van der Waals surface area contributed by atoms with E-state index in [1.807, 2.05) is 6.92 Å². The van der Waals surface area contributed by atoms with Gasteiger partial charge in [0.05, 0.1) is 35.4 Å². The van der Waals surface area contributed by atoms with Gasteiger partial charge in [-0.1, -0.05) is 6.92 Å². The number of ether oxygens (including phenoxy) is 3. The third-order valence-corrected chi connectivity index (χ3v) is 5.43. The lowest BCUT2D eigenvalue weighted by atomic mass is 10.2.